The third kappa shape index (κ3) is 2.84. The van der Waals surface area contributed by atoms with Crippen molar-refractivity contribution in [2.24, 2.45) is 15.0 Å². The SMILES string of the molecule is COC(=O)N=C1N=c2ccc(S(=O)c3ccccc3)cc2=N1. The Morgan fingerprint density at radius 3 is 2.50 bits per heavy atom. The van der Waals surface area contributed by atoms with Crippen molar-refractivity contribution in [3.8, 4) is 0 Å². The van der Waals surface area contributed by atoms with E-state index in [0.717, 1.165) is 0 Å². The second-order valence-electron chi connectivity index (χ2n) is 4.34. The number of methoxy groups -OCH3 is 1. The molecular weight excluding hydrogens is 302 g/mol. The molecule has 110 valence electrons. The molecule has 7 heteroatoms. The molecule has 0 saturated carbocycles. The molecule has 6 nitrogen and oxygen atoms in total. The number of hydrogen-bond acceptors (Lipinski definition) is 3. The van der Waals surface area contributed by atoms with Crippen LogP contribution in [0, 0.1) is 0 Å². The second-order valence-corrected chi connectivity index (χ2v) is 5.82. The maximum atomic E-state index is 12.5. The summed E-state index contributed by atoms with van der Waals surface area (Å²) < 4.78 is 16.9. The zero-order valence-corrected chi connectivity index (χ0v) is 12.4. The predicted molar refractivity (Wildman–Crippen MR) is 79.7 cm³/mol. The number of amides is 1. The molecule has 1 amide bonds. The molecular formula is C15H11N3O3S. The van der Waals surface area contributed by atoms with E-state index < -0.39 is 16.9 Å². The van der Waals surface area contributed by atoms with Crippen LogP contribution >= 0.6 is 0 Å². The highest BCUT2D eigenvalue weighted by molar-refractivity contribution is 7.85. The van der Waals surface area contributed by atoms with Gasteiger partial charge in [-0.1, -0.05) is 18.2 Å². The number of aliphatic imine (C=N–C) groups is 1. The molecule has 1 heterocycles. The fraction of sp³-hybridized carbons (Fsp3) is 0.0667. The fourth-order valence-electron chi connectivity index (χ4n) is 1.90. The molecule has 2 aromatic rings. The molecule has 1 aliphatic rings. The highest BCUT2D eigenvalue weighted by Gasteiger charge is 2.11. The maximum absolute atomic E-state index is 12.5. The van der Waals surface area contributed by atoms with E-state index in [9.17, 15) is 9.00 Å². The minimum atomic E-state index is -1.30. The highest BCUT2D eigenvalue weighted by atomic mass is 32.2. The topological polar surface area (TPSA) is 80.5 Å². The van der Waals surface area contributed by atoms with Crippen LogP contribution in [0.25, 0.3) is 0 Å². The summed E-state index contributed by atoms with van der Waals surface area (Å²) in [4.78, 5) is 24.2. The lowest BCUT2D eigenvalue weighted by Crippen LogP contribution is -2.21. The largest absolute Gasteiger partial charge is 0.451 e. The third-order valence-corrected chi connectivity index (χ3v) is 4.31. The van der Waals surface area contributed by atoms with Gasteiger partial charge in [-0.25, -0.2) is 19.0 Å². The molecule has 0 N–H and O–H groups in total. The molecule has 0 radical (unpaired) electrons. The van der Waals surface area contributed by atoms with Gasteiger partial charge in [0.2, 0.25) is 0 Å². The summed E-state index contributed by atoms with van der Waals surface area (Å²) >= 11 is 0. The fourth-order valence-corrected chi connectivity index (χ4v) is 2.99. The van der Waals surface area contributed by atoms with Crippen LogP contribution in [0.15, 0.2) is 73.3 Å². The number of rotatable bonds is 2. The Bertz CT molecular complexity index is 907. The lowest BCUT2D eigenvalue weighted by Gasteiger charge is -2.00. The van der Waals surface area contributed by atoms with E-state index in [4.69, 9.17) is 0 Å². The average Bonchev–Trinajstić information content (AvgIpc) is 2.96. The van der Waals surface area contributed by atoms with Gasteiger partial charge in [0.25, 0.3) is 5.96 Å². The van der Waals surface area contributed by atoms with E-state index in [1.54, 1.807) is 30.3 Å². The molecule has 1 unspecified atom stereocenters. The average molecular weight is 313 g/mol. The number of ether oxygens (including phenoxy) is 1. The first-order valence-electron chi connectivity index (χ1n) is 6.38. The summed E-state index contributed by atoms with van der Waals surface area (Å²) in [6.45, 7) is 0. The number of nitrogens with zero attached hydrogens (tertiary/aromatic N) is 3. The van der Waals surface area contributed by atoms with Gasteiger partial charge in [0, 0.05) is 9.79 Å². The van der Waals surface area contributed by atoms with E-state index in [1.165, 1.54) is 7.11 Å². The summed E-state index contributed by atoms with van der Waals surface area (Å²) in [5.74, 6) is 0.0319. The summed E-state index contributed by atoms with van der Waals surface area (Å²) in [6, 6.07) is 14.2. The van der Waals surface area contributed by atoms with Gasteiger partial charge in [-0.15, -0.1) is 4.99 Å². The van der Waals surface area contributed by atoms with Gasteiger partial charge in [0.05, 0.1) is 28.6 Å². The van der Waals surface area contributed by atoms with Gasteiger partial charge >= 0.3 is 6.09 Å². The molecule has 0 fully saturated rings. The Morgan fingerprint density at radius 2 is 1.77 bits per heavy atom. The van der Waals surface area contributed by atoms with Crippen molar-refractivity contribution in [2.75, 3.05) is 7.11 Å². The van der Waals surface area contributed by atoms with Gasteiger partial charge in [0.15, 0.2) is 0 Å². The molecule has 1 aliphatic heterocycles. The Hall–Kier alpha value is -2.67. The number of guanidine groups is 1. The zero-order valence-electron chi connectivity index (χ0n) is 11.6. The minimum Gasteiger partial charge on any atom is -0.451 e. The van der Waals surface area contributed by atoms with Crippen LogP contribution in [0.3, 0.4) is 0 Å². The summed E-state index contributed by atoms with van der Waals surface area (Å²) in [7, 11) is -0.0642. The van der Waals surface area contributed by atoms with Crippen molar-refractivity contribution < 1.29 is 13.7 Å². The van der Waals surface area contributed by atoms with Gasteiger partial charge in [-0.3, -0.25) is 0 Å². The second kappa shape index (κ2) is 5.98. The summed E-state index contributed by atoms with van der Waals surface area (Å²) in [6.07, 6.45) is -0.761. The Morgan fingerprint density at radius 1 is 1.05 bits per heavy atom. The summed E-state index contributed by atoms with van der Waals surface area (Å²) in [5, 5.41) is 1.11. The van der Waals surface area contributed by atoms with Crippen molar-refractivity contribution in [1.82, 2.24) is 0 Å². The third-order valence-electron chi connectivity index (χ3n) is 2.93. The molecule has 0 bridgehead atoms. The van der Waals surface area contributed by atoms with E-state index in [1.807, 2.05) is 18.2 Å². The highest BCUT2D eigenvalue weighted by Crippen LogP contribution is 2.13. The van der Waals surface area contributed by atoms with Gasteiger partial charge in [-0.05, 0) is 30.3 Å². The number of benzene rings is 2. The number of carbonyl (C=O) groups excluding carboxylic acids is 1. The first-order valence-corrected chi connectivity index (χ1v) is 7.53. The summed E-state index contributed by atoms with van der Waals surface area (Å²) in [5.41, 5.74) is 0. The first-order chi connectivity index (χ1) is 10.7. The Labute approximate surface area is 128 Å². The molecule has 2 aromatic carbocycles. The van der Waals surface area contributed by atoms with E-state index in [-0.39, 0.29) is 5.96 Å². The molecule has 0 aromatic heterocycles. The Kier molecular flexibility index (Phi) is 3.88. The quantitative estimate of drug-likeness (QED) is 0.836. The maximum Gasteiger partial charge on any atom is 0.436 e. The van der Waals surface area contributed by atoms with E-state index >= 15 is 0 Å². The molecule has 0 spiro atoms. The smallest absolute Gasteiger partial charge is 0.436 e. The van der Waals surface area contributed by atoms with Gasteiger partial charge < -0.3 is 4.74 Å². The molecule has 0 saturated heterocycles. The van der Waals surface area contributed by atoms with Crippen molar-refractivity contribution in [1.29, 1.82) is 0 Å². The van der Waals surface area contributed by atoms with Crippen molar-refractivity contribution in [3.05, 3.63) is 59.2 Å². The van der Waals surface area contributed by atoms with E-state index in [0.29, 0.717) is 20.5 Å². The lowest BCUT2D eigenvalue weighted by molar-refractivity contribution is 0.182. The normalized spacial score (nSPS) is 15.6. The Balaban J connectivity index is 1.99. The zero-order chi connectivity index (χ0) is 15.5. The monoisotopic (exact) mass is 313 g/mol. The standard InChI is InChI=1S/C15H11N3O3S/c1-21-15(19)18-14-16-12-8-7-11(9-13(12)17-14)22(20)10-5-3-2-4-6-10/h2-9H,1H3. The van der Waals surface area contributed by atoms with Crippen molar-refractivity contribution in [3.63, 3.8) is 0 Å². The van der Waals surface area contributed by atoms with Crippen LogP contribution < -0.4 is 10.7 Å². The van der Waals surface area contributed by atoms with Gasteiger partial charge in [-0.2, -0.15) is 0 Å². The van der Waals surface area contributed by atoms with Crippen LogP contribution in [0.5, 0.6) is 0 Å². The van der Waals surface area contributed by atoms with Crippen LogP contribution in [-0.2, 0) is 15.5 Å². The minimum absolute atomic E-state index is 0.0319. The first kappa shape index (κ1) is 14.3. The van der Waals surface area contributed by atoms with Crippen molar-refractivity contribution in [2.45, 2.75) is 9.79 Å². The van der Waals surface area contributed by atoms with Crippen LogP contribution in [0.1, 0.15) is 0 Å². The predicted octanol–water partition coefficient (Wildman–Crippen LogP) is 1.23. The molecule has 3 rings (SSSR count). The lowest BCUT2D eigenvalue weighted by atomic mass is 10.3. The van der Waals surface area contributed by atoms with Crippen LogP contribution in [0.4, 0.5) is 4.79 Å². The number of fused-ring (bicyclic) bond motifs is 1. The van der Waals surface area contributed by atoms with Crippen LogP contribution in [-0.4, -0.2) is 23.4 Å². The molecule has 22 heavy (non-hydrogen) atoms. The molecule has 1 atom stereocenters. The van der Waals surface area contributed by atoms with Gasteiger partial charge in [0.1, 0.15) is 0 Å². The number of carbonyl (C=O) groups is 1. The van der Waals surface area contributed by atoms with E-state index in [2.05, 4.69) is 19.7 Å². The molecule has 0 aliphatic carbocycles. The van der Waals surface area contributed by atoms with Crippen molar-refractivity contribution >= 4 is 22.9 Å². The number of hydrogen-bond donors (Lipinski definition) is 0. The van der Waals surface area contributed by atoms with Crippen LogP contribution in [0.2, 0.25) is 0 Å².